The molecule has 0 spiro atoms. The van der Waals surface area contributed by atoms with Gasteiger partial charge in [0.2, 0.25) is 0 Å². The molecule has 1 aromatic rings. The second-order valence-corrected chi connectivity index (χ2v) is 4.47. The Hall–Kier alpha value is -1.16. The number of aromatic nitrogens is 2. The topological polar surface area (TPSA) is 96.6 Å². The van der Waals surface area contributed by atoms with Crippen molar-refractivity contribution in [1.29, 1.82) is 0 Å². The standard InChI is InChI=1S/C8H10FN3O4S/c9-4-1-12(8(14)10-7(4)11-15)5-3-17-6(2-13)16-5/h1,5-6,13,15H,2-3H2,(H,10,11,14)/t5-,6+/m1/s1. The van der Waals surface area contributed by atoms with E-state index in [1.807, 2.05) is 0 Å². The third-order valence-corrected chi connectivity index (χ3v) is 3.32. The molecule has 1 aliphatic rings. The molecular formula is C8H10FN3O4S. The predicted octanol–water partition coefficient (Wildman–Crippen LogP) is -0.236. The van der Waals surface area contributed by atoms with Crippen molar-refractivity contribution in [1.82, 2.24) is 9.55 Å². The number of aliphatic hydroxyl groups excluding tert-OH is 1. The Bertz CT molecular complexity index is 469. The van der Waals surface area contributed by atoms with Gasteiger partial charge in [-0.25, -0.2) is 14.7 Å². The van der Waals surface area contributed by atoms with Gasteiger partial charge in [0.1, 0.15) is 11.7 Å². The Morgan fingerprint density at radius 1 is 1.76 bits per heavy atom. The van der Waals surface area contributed by atoms with Crippen LogP contribution < -0.4 is 11.2 Å². The van der Waals surface area contributed by atoms with Crippen LogP contribution in [-0.4, -0.2) is 37.7 Å². The van der Waals surface area contributed by atoms with Crippen LogP contribution in [0.15, 0.2) is 11.0 Å². The number of thioether (sulfide) groups is 1. The normalized spacial score (nSPS) is 23.9. The highest BCUT2D eigenvalue weighted by Gasteiger charge is 2.28. The number of halogens is 1. The third kappa shape index (κ3) is 2.41. The zero-order chi connectivity index (χ0) is 12.4. The van der Waals surface area contributed by atoms with Gasteiger partial charge in [-0.05, 0) is 0 Å². The quantitative estimate of drug-likeness (QED) is 0.648. The fraction of sp³-hybridized carbons (Fsp3) is 0.500. The van der Waals surface area contributed by atoms with Crippen molar-refractivity contribution < 1.29 is 19.4 Å². The maximum absolute atomic E-state index is 13.3. The van der Waals surface area contributed by atoms with Crippen LogP contribution in [0.4, 0.5) is 10.2 Å². The van der Waals surface area contributed by atoms with Gasteiger partial charge in [0, 0.05) is 5.75 Å². The number of nitrogens with zero attached hydrogens (tertiary/aromatic N) is 2. The number of aliphatic hydroxyl groups is 1. The van der Waals surface area contributed by atoms with Crippen LogP contribution in [0.1, 0.15) is 6.23 Å². The van der Waals surface area contributed by atoms with Crippen LogP contribution in [0.25, 0.3) is 0 Å². The minimum absolute atomic E-state index is 0.178. The fourth-order valence-corrected chi connectivity index (χ4v) is 2.35. The second-order valence-electron chi connectivity index (χ2n) is 3.28. The molecule has 2 rings (SSSR count). The van der Waals surface area contributed by atoms with Gasteiger partial charge in [-0.1, -0.05) is 0 Å². The van der Waals surface area contributed by atoms with Crippen LogP contribution in [-0.2, 0) is 4.74 Å². The lowest BCUT2D eigenvalue weighted by atomic mass is 10.5. The number of hydrogen-bond donors (Lipinski definition) is 3. The Labute approximate surface area is 99.2 Å². The van der Waals surface area contributed by atoms with Gasteiger partial charge in [0.25, 0.3) is 0 Å². The molecule has 1 aromatic heterocycles. The molecule has 17 heavy (non-hydrogen) atoms. The van der Waals surface area contributed by atoms with Crippen molar-refractivity contribution in [3.05, 3.63) is 22.5 Å². The molecule has 94 valence electrons. The van der Waals surface area contributed by atoms with Crippen molar-refractivity contribution in [2.45, 2.75) is 11.7 Å². The van der Waals surface area contributed by atoms with Gasteiger partial charge >= 0.3 is 5.69 Å². The maximum Gasteiger partial charge on any atom is 0.351 e. The van der Waals surface area contributed by atoms with Crippen molar-refractivity contribution in [3.8, 4) is 0 Å². The van der Waals surface area contributed by atoms with E-state index in [9.17, 15) is 9.18 Å². The molecule has 1 fully saturated rings. The predicted molar refractivity (Wildman–Crippen MR) is 57.3 cm³/mol. The molecule has 0 saturated carbocycles. The summed E-state index contributed by atoms with van der Waals surface area (Å²) < 4.78 is 19.6. The van der Waals surface area contributed by atoms with Gasteiger partial charge in [-0.15, -0.1) is 11.8 Å². The molecule has 1 aliphatic heterocycles. The SMILES string of the molecule is O=c1nc(NO)c(F)cn1[C@H]1CS[C@@H](CO)O1. The van der Waals surface area contributed by atoms with Gasteiger partial charge in [-0.2, -0.15) is 4.98 Å². The zero-order valence-electron chi connectivity index (χ0n) is 8.54. The zero-order valence-corrected chi connectivity index (χ0v) is 9.35. The lowest BCUT2D eigenvalue weighted by Gasteiger charge is -2.14. The summed E-state index contributed by atoms with van der Waals surface area (Å²) in [5.41, 5.74) is 0.320. The number of ether oxygens (including phenoxy) is 1. The van der Waals surface area contributed by atoms with Crippen molar-refractivity contribution in [2.24, 2.45) is 0 Å². The van der Waals surface area contributed by atoms with Gasteiger partial charge < -0.3 is 9.84 Å². The van der Waals surface area contributed by atoms with E-state index >= 15 is 0 Å². The van der Waals surface area contributed by atoms with E-state index in [0.29, 0.717) is 5.75 Å². The lowest BCUT2D eigenvalue weighted by molar-refractivity contribution is -0.00681. The number of nitrogens with one attached hydrogen (secondary N) is 1. The summed E-state index contributed by atoms with van der Waals surface area (Å²) in [6.45, 7) is -0.178. The first-order valence-electron chi connectivity index (χ1n) is 4.72. The largest absolute Gasteiger partial charge is 0.393 e. The van der Waals surface area contributed by atoms with E-state index < -0.39 is 29.0 Å². The Morgan fingerprint density at radius 3 is 3.12 bits per heavy atom. The van der Waals surface area contributed by atoms with Crippen molar-refractivity contribution in [3.63, 3.8) is 0 Å². The van der Waals surface area contributed by atoms with Crippen LogP contribution in [0.3, 0.4) is 0 Å². The average molecular weight is 263 g/mol. The van der Waals surface area contributed by atoms with Crippen molar-refractivity contribution >= 4 is 17.6 Å². The number of rotatable bonds is 3. The molecule has 0 bridgehead atoms. The molecule has 0 unspecified atom stereocenters. The first-order valence-corrected chi connectivity index (χ1v) is 5.77. The highest BCUT2D eigenvalue weighted by Crippen LogP contribution is 2.30. The van der Waals surface area contributed by atoms with Gasteiger partial charge in [0.15, 0.2) is 11.6 Å². The fourth-order valence-electron chi connectivity index (χ4n) is 1.41. The molecule has 0 aliphatic carbocycles. The van der Waals surface area contributed by atoms with Crippen molar-refractivity contribution in [2.75, 3.05) is 17.8 Å². The van der Waals surface area contributed by atoms with E-state index in [2.05, 4.69) is 4.98 Å². The molecule has 9 heteroatoms. The minimum Gasteiger partial charge on any atom is -0.393 e. The summed E-state index contributed by atoms with van der Waals surface area (Å²) in [4.78, 5) is 14.8. The van der Waals surface area contributed by atoms with E-state index in [1.54, 1.807) is 0 Å². The Balaban J connectivity index is 2.28. The number of anilines is 1. The first kappa shape index (κ1) is 12.3. The van der Waals surface area contributed by atoms with Crippen LogP contribution in [0, 0.1) is 5.82 Å². The molecule has 2 heterocycles. The lowest BCUT2D eigenvalue weighted by Crippen LogP contribution is -2.29. The van der Waals surface area contributed by atoms with Gasteiger partial charge in [-0.3, -0.25) is 9.77 Å². The molecule has 3 N–H and O–H groups in total. The number of hydrogen-bond acceptors (Lipinski definition) is 7. The minimum atomic E-state index is -0.867. The Kier molecular flexibility index (Phi) is 3.62. The van der Waals surface area contributed by atoms with E-state index in [0.717, 1.165) is 10.8 Å². The van der Waals surface area contributed by atoms with Crippen LogP contribution in [0.5, 0.6) is 0 Å². The molecule has 7 nitrogen and oxygen atoms in total. The van der Waals surface area contributed by atoms with Gasteiger partial charge in [0.05, 0.1) is 12.8 Å². The van der Waals surface area contributed by atoms with Crippen LogP contribution in [0.2, 0.25) is 0 Å². The summed E-state index contributed by atoms with van der Waals surface area (Å²) >= 11 is 1.32. The van der Waals surface area contributed by atoms with Crippen LogP contribution >= 0.6 is 11.8 Å². The second kappa shape index (κ2) is 5.00. The summed E-state index contributed by atoms with van der Waals surface area (Å²) in [6, 6.07) is 0. The molecule has 1 saturated heterocycles. The maximum atomic E-state index is 13.3. The average Bonchev–Trinajstić information content (AvgIpc) is 2.80. The molecular weight excluding hydrogens is 253 g/mol. The summed E-state index contributed by atoms with van der Waals surface area (Å²) in [5.74, 6) is -0.984. The molecule has 2 atom stereocenters. The summed E-state index contributed by atoms with van der Waals surface area (Å²) in [5, 5.41) is 17.4. The highest BCUT2D eigenvalue weighted by molar-refractivity contribution is 8.00. The first-order chi connectivity index (χ1) is 8.15. The smallest absolute Gasteiger partial charge is 0.351 e. The molecule has 0 radical (unpaired) electrons. The monoisotopic (exact) mass is 263 g/mol. The van der Waals surface area contributed by atoms with E-state index in [-0.39, 0.29) is 6.61 Å². The summed E-state index contributed by atoms with van der Waals surface area (Å²) in [7, 11) is 0. The molecule has 0 amide bonds. The van der Waals surface area contributed by atoms with E-state index in [4.69, 9.17) is 15.1 Å². The Morgan fingerprint density at radius 2 is 2.53 bits per heavy atom. The molecule has 0 aromatic carbocycles. The van der Waals surface area contributed by atoms with E-state index in [1.165, 1.54) is 17.2 Å². The summed E-state index contributed by atoms with van der Waals surface area (Å²) in [6.07, 6.45) is 0.234. The third-order valence-electron chi connectivity index (χ3n) is 2.21. The highest BCUT2D eigenvalue weighted by atomic mass is 32.2.